The number of nitrogens with one attached hydrogen (secondary N) is 1. The molecule has 208 valence electrons. The molecule has 0 fully saturated rings. The molecular weight excluding hydrogens is 518 g/mol. The van der Waals surface area contributed by atoms with Crippen LogP contribution in [0.2, 0.25) is 0 Å². The third-order valence-electron chi connectivity index (χ3n) is 6.76. The van der Waals surface area contributed by atoms with Gasteiger partial charge in [0.2, 0.25) is 0 Å². The molecule has 0 aliphatic rings. The Morgan fingerprint density at radius 2 is 1.59 bits per heavy atom. The summed E-state index contributed by atoms with van der Waals surface area (Å²) in [6.07, 6.45) is 0.642. The summed E-state index contributed by atoms with van der Waals surface area (Å²) in [5, 5.41) is 9.73. The minimum absolute atomic E-state index is 0.181. The maximum absolute atomic E-state index is 12.8. The molecule has 0 bridgehead atoms. The SMILES string of the molecule is CCOC(=O)c1cc(-c2ccc3ccccc3c2)n(-c2ccc(C(=O)NCCc3ccc(OC)c(OC)c3)cc2)n1. The van der Waals surface area contributed by atoms with Crippen molar-refractivity contribution in [2.75, 3.05) is 27.4 Å². The smallest absolute Gasteiger partial charge is 0.358 e. The fourth-order valence-electron chi connectivity index (χ4n) is 4.65. The van der Waals surface area contributed by atoms with Gasteiger partial charge in [-0.25, -0.2) is 9.48 Å². The number of fused-ring (bicyclic) bond motifs is 1. The summed E-state index contributed by atoms with van der Waals surface area (Å²) < 4.78 is 17.5. The highest BCUT2D eigenvalue weighted by Gasteiger charge is 2.18. The van der Waals surface area contributed by atoms with Crippen LogP contribution in [0.25, 0.3) is 27.7 Å². The van der Waals surface area contributed by atoms with Crippen LogP contribution in [0.3, 0.4) is 0 Å². The zero-order valence-electron chi connectivity index (χ0n) is 23.2. The Morgan fingerprint density at radius 1 is 0.829 bits per heavy atom. The van der Waals surface area contributed by atoms with E-state index in [0.29, 0.717) is 35.7 Å². The number of carbonyl (C=O) groups is 2. The molecule has 8 nitrogen and oxygen atoms in total. The third kappa shape index (κ3) is 6.06. The zero-order valence-corrected chi connectivity index (χ0v) is 23.2. The summed E-state index contributed by atoms with van der Waals surface area (Å²) >= 11 is 0. The predicted molar refractivity (Wildman–Crippen MR) is 158 cm³/mol. The van der Waals surface area contributed by atoms with Crippen LogP contribution >= 0.6 is 0 Å². The first-order chi connectivity index (χ1) is 20.0. The molecule has 41 heavy (non-hydrogen) atoms. The Hall–Kier alpha value is -5.11. The number of esters is 1. The van der Waals surface area contributed by atoms with E-state index in [1.54, 1.807) is 44.0 Å². The standard InChI is InChI=1S/C33H31N3O5/c1-4-41-33(38)28-21-29(26-11-10-23-7-5-6-8-25(23)20-26)36(35-28)27-14-12-24(13-15-27)32(37)34-18-17-22-9-16-30(39-2)31(19-22)40-3/h5-16,19-21H,4,17-18H2,1-3H3,(H,34,37). The number of rotatable bonds is 10. The summed E-state index contributed by atoms with van der Waals surface area (Å²) in [7, 11) is 3.19. The molecule has 8 heteroatoms. The first-order valence-corrected chi connectivity index (χ1v) is 13.4. The number of carbonyl (C=O) groups excluding carboxylic acids is 2. The third-order valence-corrected chi connectivity index (χ3v) is 6.76. The molecule has 0 aliphatic heterocycles. The number of methoxy groups -OCH3 is 2. The van der Waals surface area contributed by atoms with E-state index in [-0.39, 0.29) is 18.2 Å². The van der Waals surface area contributed by atoms with Crippen molar-refractivity contribution in [3.63, 3.8) is 0 Å². The fraction of sp³-hybridized carbons (Fsp3) is 0.182. The van der Waals surface area contributed by atoms with Crippen molar-refractivity contribution in [1.29, 1.82) is 0 Å². The number of benzene rings is 4. The Morgan fingerprint density at radius 3 is 2.32 bits per heavy atom. The van der Waals surface area contributed by atoms with Gasteiger partial charge < -0.3 is 19.5 Å². The zero-order chi connectivity index (χ0) is 28.8. The highest BCUT2D eigenvalue weighted by molar-refractivity contribution is 5.94. The van der Waals surface area contributed by atoms with Gasteiger partial charge in [0.05, 0.1) is 32.2 Å². The summed E-state index contributed by atoms with van der Waals surface area (Å²) in [5.74, 6) is 0.647. The molecule has 0 saturated heterocycles. The average Bonchev–Trinajstić information content (AvgIpc) is 3.47. The number of aromatic nitrogens is 2. The minimum Gasteiger partial charge on any atom is -0.493 e. The largest absolute Gasteiger partial charge is 0.493 e. The number of ether oxygens (including phenoxy) is 3. The second-order valence-corrected chi connectivity index (χ2v) is 9.35. The molecule has 0 saturated carbocycles. The molecule has 0 spiro atoms. The van der Waals surface area contributed by atoms with Gasteiger partial charge in [0.1, 0.15) is 0 Å². The van der Waals surface area contributed by atoms with Crippen LogP contribution in [0.5, 0.6) is 11.5 Å². The van der Waals surface area contributed by atoms with Gasteiger partial charge in [-0.1, -0.05) is 42.5 Å². The van der Waals surface area contributed by atoms with Gasteiger partial charge in [-0.05, 0) is 78.2 Å². The lowest BCUT2D eigenvalue weighted by molar-refractivity contribution is 0.0518. The average molecular weight is 550 g/mol. The maximum atomic E-state index is 12.8. The molecule has 0 unspecified atom stereocenters. The lowest BCUT2D eigenvalue weighted by Crippen LogP contribution is -2.25. The van der Waals surface area contributed by atoms with Gasteiger partial charge in [-0.2, -0.15) is 5.10 Å². The normalized spacial score (nSPS) is 10.8. The lowest BCUT2D eigenvalue weighted by Gasteiger charge is -2.11. The Labute approximate surface area is 238 Å². The number of hydrogen-bond donors (Lipinski definition) is 1. The monoisotopic (exact) mass is 549 g/mol. The predicted octanol–water partition coefficient (Wildman–Crippen LogP) is 5.86. The first kappa shape index (κ1) is 27.5. The number of hydrogen-bond acceptors (Lipinski definition) is 6. The molecule has 1 N–H and O–H groups in total. The van der Waals surface area contributed by atoms with E-state index in [4.69, 9.17) is 14.2 Å². The molecule has 4 aromatic carbocycles. The molecular formula is C33H31N3O5. The lowest BCUT2D eigenvalue weighted by atomic mass is 10.0. The van der Waals surface area contributed by atoms with E-state index in [1.807, 2.05) is 60.7 Å². The summed E-state index contributed by atoms with van der Waals surface area (Å²) in [6.45, 7) is 2.48. The van der Waals surface area contributed by atoms with E-state index < -0.39 is 5.97 Å². The molecule has 5 rings (SSSR count). The van der Waals surface area contributed by atoms with Crippen molar-refractivity contribution in [3.05, 3.63) is 108 Å². The minimum atomic E-state index is -0.487. The molecule has 0 aliphatic carbocycles. The second kappa shape index (κ2) is 12.4. The Kier molecular flexibility index (Phi) is 8.29. The quantitative estimate of drug-likeness (QED) is 0.220. The van der Waals surface area contributed by atoms with Crippen LogP contribution in [0, 0.1) is 0 Å². The van der Waals surface area contributed by atoms with Gasteiger partial charge in [-0.3, -0.25) is 4.79 Å². The maximum Gasteiger partial charge on any atom is 0.358 e. The van der Waals surface area contributed by atoms with Crippen molar-refractivity contribution in [2.45, 2.75) is 13.3 Å². The van der Waals surface area contributed by atoms with E-state index in [0.717, 1.165) is 27.6 Å². The van der Waals surface area contributed by atoms with Gasteiger partial charge in [0.15, 0.2) is 17.2 Å². The molecule has 1 heterocycles. The summed E-state index contributed by atoms with van der Waals surface area (Å²) in [4.78, 5) is 25.4. The second-order valence-electron chi connectivity index (χ2n) is 9.35. The van der Waals surface area contributed by atoms with Crippen LogP contribution in [-0.4, -0.2) is 49.0 Å². The highest BCUT2D eigenvalue weighted by Crippen LogP contribution is 2.29. The molecule has 0 atom stereocenters. The van der Waals surface area contributed by atoms with Gasteiger partial charge in [0.25, 0.3) is 5.91 Å². The van der Waals surface area contributed by atoms with Gasteiger partial charge in [0, 0.05) is 17.7 Å². The van der Waals surface area contributed by atoms with Crippen molar-refractivity contribution in [1.82, 2.24) is 15.1 Å². The van der Waals surface area contributed by atoms with Crippen molar-refractivity contribution < 1.29 is 23.8 Å². The van der Waals surface area contributed by atoms with Crippen LogP contribution < -0.4 is 14.8 Å². The van der Waals surface area contributed by atoms with Crippen LogP contribution in [-0.2, 0) is 11.2 Å². The summed E-state index contributed by atoms with van der Waals surface area (Å²) in [6, 6.07) is 28.8. The van der Waals surface area contributed by atoms with Gasteiger partial charge >= 0.3 is 5.97 Å². The first-order valence-electron chi connectivity index (χ1n) is 13.4. The Balaban J connectivity index is 1.35. The topological polar surface area (TPSA) is 91.7 Å². The molecule has 1 amide bonds. The van der Waals surface area contributed by atoms with Crippen LogP contribution in [0.1, 0.15) is 33.3 Å². The van der Waals surface area contributed by atoms with E-state index in [1.165, 1.54) is 0 Å². The molecule has 1 aromatic heterocycles. The van der Waals surface area contributed by atoms with Crippen LogP contribution in [0.15, 0.2) is 91.0 Å². The molecule has 0 radical (unpaired) electrons. The van der Waals surface area contributed by atoms with E-state index in [9.17, 15) is 9.59 Å². The van der Waals surface area contributed by atoms with E-state index in [2.05, 4.69) is 22.5 Å². The van der Waals surface area contributed by atoms with Crippen molar-refractivity contribution in [3.8, 4) is 28.4 Å². The molecule has 5 aromatic rings. The number of amides is 1. The van der Waals surface area contributed by atoms with Crippen LogP contribution in [0.4, 0.5) is 0 Å². The number of nitrogens with zero attached hydrogens (tertiary/aromatic N) is 2. The van der Waals surface area contributed by atoms with E-state index >= 15 is 0 Å². The Bertz CT molecular complexity index is 1690. The van der Waals surface area contributed by atoms with Crippen molar-refractivity contribution in [2.24, 2.45) is 0 Å². The highest BCUT2D eigenvalue weighted by atomic mass is 16.5. The van der Waals surface area contributed by atoms with Crippen molar-refractivity contribution >= 4 is 22.6 Å². The fourth-order valence-corrected chi connectivity index (χ4v) is 4.65. The van der Waals surface area contributed by atoms with Gasteiger partial charge in [-0.15, -0.1) is 0 Å². The summed E-state index contributed by atoms with van der Waals surface area (Å²) in [5.41, 5.74) is 4.12.